The van der Waals surface area contributed by atoms with Crippen LogP contribution in [0.15, 0.2) is 0 Å². The Hall–Kier alpha value is -0.380. The standard InChI is InChI=1S/C10H19NO2S/c1-8(2)13-9(12)11-5-6-14-10(3,4)7-11/h8H,5-7H2,1-4H3. The Morgan fingerprint density at radius 3 is 2.64 bits per heavy atom. The maximum absolute atomic E-state index is 11.6. The zero-order chi connectivity index (χ0) is 10.8. The molecule has 1 aliphatic rings. The van der Waals surface area contributed by atoms with Crippen molar-refractivity contribution < 1.29 is 9.53 Å². The Morgan fingerprint density at radius 1 is 1.50 bits per heavy atom. The van der Waals surface area contributed by atoms with Gasteiger partial charge in [0.05, 0.1) is 6.10 Å². The van der Waals surface area contributed by atoms with Gasteiger partial charge in [-0.1, -0.05) is 0 Å². The summed E-state index contributed by atoms with van der Waals surface area (Å²) in [5.41, 5.74) is 0. The first kappa shape index (κ1) is 11.7. The summed E-state index contributed by atoms with van der Waals surface area (Å²) in [5, 5.41) is 0. The number of hydrogen-bond donors (Lipinski definition) is 0. The number of carbonyl (C=O) groups is 1. The maximum Gasteiger partial charge on any atom is 0.410 e. The van der Waals surface area contributed by atoms with Crippen molar-refractivity contribution in [3.8, 4) is 0 Å². The van der Waals surface area contributed by atoms with E-state index in [0.29, 0.717) is 0 Å². The minimum absolute atomic E-state index is 0.0276. The van der Waals surface area contributed by atoms with Gasteiger partial charge in [0.2, 0.25) is 0 Å². The molecule has 1 amide bonds. The second kappa shape index (κ2) is 4.43. The van der Waals surface area contributed by atoms with Crippen LogP contribution >= 0.6 is 11.8 Å². The Labute approximate surface area is 90.2 Å². The smallest absolute Gasteiger partial charge is 0.410 e. The van der Waals surface area contributed by atoms with Gasteiger partial charge in [-0.15, -0.1) is 0 Å². The molecule has 82 valence electrons. The zero-order valence-electron chi connectivity index (χ0n) is 9.37. The van der Waals surface area contributed by atoms with Gasteiger partial charge >= 0.3 is 6.09 Å². The number of ether oxygens (including phenoxy) is 1. The molecular weight excluding hydrogens is 198 g/mol. The fourth-order valence-corrected chi connectivity index (χ4v) is 2.56. The van der Waals surface area contributed by atoms with Crippen LogP contribution in [0.4, 0.5) is 4.79 Å². The second-order valence-corrected chi connectivity index (χ2v) is 6.26. The first-order chi connectivity index (χ1) is 6.41. The lowest BCUT2D eigenvalue weighted by Crippen LogP contribution is -2.46. The topological polar surface area (TPSA) is 29.5 Å². The SMILES string of the molecule is CC(C)OC(=O)N1CCSC(C)(C)C1. The van der Waals surface area contributed by atoms with Crippen LogP contribution in [0.5, 0.6) is 0 Å². The van der Waals surface area contributed by atoms with E-state index in [-0.39, 0.29) is 16.9 Å². The Balaban J connectivity index is 2.48. The van der Waals surface area contributed by atoms with Crippen molar-refractivity contribution in [1.29, 1.82) is 0 Å². The molecule has 0 aromatic carbocycles. The summed E-state index contributed by atoms with van der Waals surface area (Å²) in [5.74, 6) is 1.00. The largest absolute Gasteiger partial charge is 0.447 e. The molecule has 1 aliphatic heterocycles. The summed E-state index contributed by atoms with van der Waals surface area (Å²) in [6, 6.07) is 0. The predicted molar refractivity (Wildman–Crippen MR) is 59.7 cm³/mol. The second-order valence-electron chi connectivity index (χ2n) is 4.46. The molecule has 0 aliphatic carbocycles. The van der Waals surface area contributed by atoms with Crippen molar-refractivity contribution in [2.24, 2.45) is 0 Å². The van der Waals surface area contributed by atoms with Crippen LogP contribution in [0, 0.1) is 0 Å². The number of rotatable bonds is 1. The van der Waals surface area contributed by atoms with E-state index in [0.717, 1.165) is 18.8 Å². The van der Waals surface area contributed by atoms with Crippen molar-refractivity contribution in [1.82, 2.24) is 4.90 Å². The summed E-state index contributed by atoms with van der Waals surface area (Å²) in [4.78, 5) is 13.4. The van der Waals surface area contributed by atoms with Gasteiger partial charge < -0.3 is 9.64 Å². The molecule has 0 aromatic heterocycles. The molecule has 0 atom stereocenters. The molecule has 0 unspecified atom stereocenters. The van der Waals surface area contributed by atoms with E-state index in [1.165, 1.54) is 0 Å². The number of hydrogen-bond acceptors (Lipinski definition) is 3. The summed E-state index contributed by atoms with van der Waals surface area (Å²) in [6.07, 6.45) is -0.200. The normalized spacial score (nSPS) is 21.1. The average molecular weight is 217 g/mol. The van der Waals surface area contributed by atoms with Gasteiger partial charge in [-0.2, -0.15) is 11.8 Å². The highest BCUT2D eigenvalue weighted by Gasteiger charge is 2.30. The van der Waals surface area contributed by atoms with Gasteiger partial charge in [0.25, 0.3) is 0 Å². The molecule has 0 bridgehead atoms. The number of carbonyl (C=O) groups excluding carboxylic acids is 1. The van der Waals surface area contributed by atoms with Gasteiger partial charge in [-0.25, -0.2) is 4.79 Å². The van der Waals surface area contributed by atoms with E-state index in [1.807, 2.05) is 25.6 Å². The fraction of sp³-hybridized carbons (Fsp3) is 0.900. The van der Waals surface area contributed by atoms with E-state index in [9.17, 15) is 4.79 Å². The van der Waals surface area contributed by atoms with Crippen molar-refractivity contribution in [3.05, 3.63) is 0 Å². The lowest BCUT2D eigenvalue weighted by atomic mass is 10.2. The van der Waals surface area contributed by atoms with Crippen LogP contribution < -0.4 is 0 Å². The average Bonchev–Trinajstić information content (AvgIpc) is 2.01. The molecule has 0 spiro atoms. The van der Waals surface area contributed by atoms with E-state index in [1.54, 1.807) is 4.90 Å². The molecule has 0 N–H and O–H groups in total. The van der Waals surface area contributed by atoms with Crippen molar-refractivity contribution in [2.45, 2.75) is 38.5 Å². The van der Waals surface area contributed by atoms with Crippen LogP contribution in [-0.4, -0.2) is 40.7 Å². The molecule has 4 heteroatoms. The number of thioether (sulfide) groups is 1. The highest BCUT2D eigenvalue weighted by atomic mass is 32.2. The third-order valence-electron chi connectivity index (χ3n) is 2.02. The lowest BCUT2D eigenvalue weighted by Gasteiger charge is -2.37. The van der Waals surface area contributed by atoms with E-state index >= 15 is 0 Å². The Bertz CT molecular complexity index is 216. The van der Waals surface area contributed by atoms with Gasteiger partial charge in [0.15, 0.2) is 0 Å². The first-order valence-electron chi connectivity index (χ1n) is 5.00. The molecule has 14 heavy (non-hydrogen) atoms. The quantitative estimate of drug-likeness (QED) is 0.675. The summed E-state index contributed by atoms with van der Waals surface area (Å²) < 4.78 is 5.32. The van der Waals surface area contributed by atoms with Crippen LogP contribution in [-0.2, 0) is 4.74 Å². The minimum Gasteiger partial charge on any atom is -0.447 e. The monoisotopic (exact) mass is 217 g/mol. The van der Waals surface area contributed by atoms with Crippen molar-refractivity contribution >= 4 is 17.9 Å². The lowest BCUT2D eigenvalue weighted by molar-refractivity contribution is 0.0754. The summed E-state index contributed by atoms with van der Waals surface area (Å²) >= 11 is 1.91. The van der Waals surface area contributed by atoms with E-state index in [4.69, 9.17) is 4.74 Å². The van der Waals surface area contributed by atoms with E-state index in [2.05, 4.69) is 13.8 Å². The third-order valence-corrected chi connectivity index (χ3v) is 3.32. The van der Waals surface area contributed by atoms with Gasteiger partial charge in [-0.3, -0.25) is 0 Å². The summed E-state index contributed by atoms with van der Waals surface area (Å²) in [6.45, 7) is 9.66. The molecule has 1 rings (SSSR count). The third kappa shape index (κ3) is 3.40. The molecule has 3 nitrogen and oxygen atoms in total. The van der Waals surface area contributed by atoms with Crippen LogP contribution in [0.25, 0.3) is 0 Å². The van der Waals surface area contributed by atoms with Crippen molar-refractivity contribution in [3.63, 3.8) is 0 Å². The Kier molecular flexibility index (Phi) is 3.70. The van der Waals surface area contributed by atoms with Gasteiger partial charge in [-0.05, 0) is 27.7 Å². The minimum atomic E-state index is -0.173. The molecule has 0 radical (unpaired) electrons. The molecule has 0 saturated carbocycles. The first-order valence-corrected chi connectivity index (χ1v) is 5.99. The van der Waals surface area contributed by atoms with Crippen molar-refractivity contribution in [2.75, 3.05) is 18.8 Å². The van der Waals surface area contributed by atoms with Gasteiger partial charge in [0.1, 0.15) is 0 Å². The van der Waals surface area contributed by atoms with Crippen LogP contribution in [0.2, 0.25) is 0 Å². The van der Waals surface area contributed by atoms with Gasteiger partial charge in [0, 0.05) is 23.6 Å². The van der Waals surface area contributed by atoms with Crippen LogP contribution in [0.1, 0.15) is 27.7 Å². The number of nitrogens with zero attached hydrogens (tertiary/aromatic N) is 1. The number of amides is 1. The highest BCUT2D eigenvalue weighted by molar-refractivity contribution is 8.00. The predicted octanol–water partition coefficient (Wildman–Crippen LogP) is 2.36. The molecule has 1 fully saturated rings. The fourth-order valence-electron chi connectivity index (χ4n) is 1.45. The van der Waals surface area contributed by atoms with E-state index < -0.39 is 0 Å². The molecule has 1 saturated heterocycles. The van der Waals surface area contributed by atoms with Crippen LogP contribution in [0.3, 0.4) is 0 Å². The Morgan fingerprint density at radius 2 is 2.14 bits per heavy atom. The molecule has 0 aromatic rings. The zero-order valence-corrected chi connectivity index (χ0v) is 10.2. The maximum atomic E-state index is 11.6. The summed E-state index contributed by atoms with van der Waals surface area (Å²) in [7, 11) is 0. The molecular formula is C10H19NO2S. The highest BCUT2D eigenvalue weighted by Crippen LogP contribution is 2.29. The molecule has 1 heterocycles.